The van der Waals surface area contributed by atoms with Crippen LogP contribution in [0.1, 0.15) is 77.6 Å². The Kier molecular flexibility index (Phi) is 9.58. The van der Waals surface area contributed by atoms with E-state index < -0.39 is 0 Å². The zero-order chi connectivity index (χ0) is 13.9. The maximum Gasteiger partial charge on any atom is 0.306 e. The maximum absolute atomic E-state index is 11.7. The average molecular weight is 333 g/mol. The van der Waals surface area contributed by atoms with Crippen LogP contribution < -0.4 is 0 Å². The minimum absolute atomic E-state index is 0.0240. The van der Waals surface area contributed by atoms with Gasteiger partial charge in [0.25, 0.3) is 0 Å². The molecule has 0 heterocycles. The van der Waals surface area contributed by atoms with Crippen LogP contribution in [0, 0.1) is 5.92 Å². The fourth-order valence-corrected chi connectivity index (χ4v) is 3.66. The Hall–Kier alpha value is -0.0500. The van der Waals surface area contributed by atoms with Crippen molar-refractivity contribution in [2.45, 2.75) is 82.4 Å². The van der Waals surface area contributed by atoms with Gasteiger partial charge in [-0.2, -0.15) is 0 Å². The summed E-state index contributed by atoms with van der Waals surface area (Å²) in [5.41, 5.74) is 0. The summed E-state index contributed by atoms with van der Waals surface area (Å²) < 4.78 is 5.11. The van der Waals surface area contributed by atoms with Gasteiger partial charge in [0.05, 0.1) is 6.61 Å². The Balaban J connectivity index is 2.43. The molecule has 1 saturated carbocycles. The highest BCUT2D eigenvalue weighted by atomic mass is 79.9. The molecule has 2 nitrogen and oxygen atoms in total. The van der Waals surface area contributed by atoms with Crippen molar-refractivity contribution in [1.82, 2.24) is 0 Å². The van der Waals surface area contributed by atoms with Gasteiger partial charge >= 0.3 is 5.97 Å². The summed E-state index contributed by atoms with van der Waals surface area (Å²) in [4.78, 5) is 12.2. The smallest absolute Gasteiger partial charge is 0.306 e. The fourth-order valence-electron chi connectivity index (χ4n) is 2.89. The second kappa shape index (κ2) is 10.7. The molecule has 2 unspecified atom stereocenters. The number of esters is 1. The van der Waals surface area contributed by atoms with Crippen LogP contribution in [-0.2, 0) is 9.53 Å². The molecule has 0 N–H and O–H groups in total. The average Bonchev–Trinajstić information content (AvgIpc) is 2.37. The van der Waals surface area contributed by atoms with Crippen LogP contribution in [0.5, 0.6) is 0 Å². The molecule has 0 saturated heterocycles. The van der Waals surface area contributed by atoms with Crippen LogP contribution in [0.15, 0.2) is 0 Å². The normalized spacial score (nSPS) is 27.1. The van der Waals surface area contributed by atoms with Crippen molar-refractivity contribution < 1.29 is 9.53 Å². The minimum Gasteiger partial charge on any atom is -0.466 e. The van der Waals surface area contributed by atoms with E-state index in [1.165, 1.54) is 57.8 Å². The Bertz CT molecular complexity index is 243. The SMILES string of the molecule is CCOC(=O)CC1CCCCCCCCCCC1Br. The zero-order valence-corrected chi connectivity index (χ0v) is 13.9. The van der Waals surface area contributed by atoms with Crippen molar-refractivity contribution in [3.05, 3.63) is 0 Å². The number of carbonyl (C=O) groups is 1. The molecule has 19 heavy (non-hydrogen) atoms. The summed E-state index contributed by atoms with van der Waals surface area (Å²) in [5.74, 6) is 0.433. The number of hydrogen-bond donors (Lipinski definition) is 0. The Morgan fingerprint density at radius 2 is 1.53 bits per heavy atom. The van der Waals surface area contributed by atoms with Gasteiger partial charge in [-0.05, 0) is 25.7 Å². The molecule has 0 amide bonds. The van der Waals surface area contributed by atoms with E-state index in [0.717, 1.165) is 6.42 Å². The summed E-state index contributed by atoms with van der Waals surface area (Å²) in [5, 5.41) is 0. The third-order valence-electron chi connectivity index (χ3n) is 4.05. The van der Waals surface area contributed by atoms with E-state index in [4.69, 9.17) is 4.74 Å². The van der Waals surface area contributed by atoms with Crippen LogP contribution in [0.25, 0.3) is 0 Å². The van der Waals surface area contributed by atoms with Crippen molar-refractivity contribution in [3.8, 4) is 0 Å². The summed E-state index contributed by atoms with van der Waals surface area (Å²) in [6, 6.07) is 0. The first kappa shape index (κ1) is 17.0. The maximum atomic E-state index is 11.7. The first-order valence-corrected chi connectivity index (χ1v) is 8.95. The first-order valence-electron chi connectivity index (χ1n) is 8.03. The molecule has 112 valence electrons. The lowest BCUT2D eigenvalue weighted by molar-refractivity contribution is -0.144. The van der Waals surface area contributed by atoms with E-state index >= 15 is 0 Å². The fraction of sp³-hybridized carbons (Fsp3) is 0.938. The van der Waals surface area contributed by atoms with Gasteiger partial charge in [0.1, 0.15) is 0 Å². The minimum atomic E-state index is -0.0240. The molecular formula is C16H29BrO2. The Morgan fingerprint density at radius 1 is 1.00 bits per heavy atom. The Labute approximate surface area is 126 Å². The van der Waals surface area contributed by atoms with E-state index in [2.05, 4.69) is 15.9 Å². The van der Waals surface area contributed by atoms with Gasteiger partial charge in [-0.1, -0.05) is 67.3 Å². The molecule has 0 aromatic rings. The summed E-state index contributed by atoms with van der Waals surface area (Å²) in [6.07, 6.45) is 13.7. The molecule has 0 aromatic carbocycles. The lowest BCUT2D eigenvalue weighted by atomic mass is 9.90. The molecule has 1 aliphatic carbocycles. The van der Waals surface area contributed by atoms with Crippen molar-refractivity contribution in [3.63, 3.8) is 0 Å². The number of rotatable bonds is 3. The highest BCUT2D eigenvalue weighted by Crippen LogP contribution is 2.29. The molecule has 0 aromatic heterocycles. The van der Waals surface area contributed by atoms with Crippen molar-refractivity contribution in [2.75, 3.05) is 6.61 Å². The van der Waals surface area contributed by atoms with Gasteiger partial charge < -0.3 is 4.74 Å². The number of hydrogen-bond acceptors (Lipinski definition) is 2. The Morgan fingerprint density at radius 3 is 2.11 bits per heavy atom. The zero-order valence-electron chi connectivity index (χ0n) is 12.3. The van der Waals surface area contributed by atoms with Crippen LogP contribution >= 0.6 is 15.9 Å². The van der Waals surface area contributed by atoms with E-state index in [1.54, 1.807) is 0 Å². The van der Waals surface area contributed by atoms with Crippen LogP contribution in [0.4, 0.5) is 0 Å². The molecule has 3 heteroatoms. The summed E-state index contributed by atoms with van der Waals surface area (Å²) in [7, 11) is 0. The van der Waals surface area contributed by atoms with Gasteiger partial charge in [0.15, 0.2) is 0 Å². The molecule has 0 radical (unpaired) electrons. The standard InChI is InChI=1S/C16H29BrO2/c1-2-19-16(18)13-14-11-9-7-5-3-4-6-8-10-12-15(14)17/h14-15H,2-13H2,1H3. The predicted molar refractivity (Wildman–Crippen MR) is 83.6 cm³/mol. The number of halogens is 1. The molecule has 1 fully saturated rings. The van der Waals surface area contributed by atoms with Crippen molar-refractivity contribution in [1.29, 1.82) is 0 Å². The first-order chi connectivity index (χ1) is 9.24. The molecule has 0 bridgehead atoms. The highest BCUT2D eigenvalue weighted by molar-refractivity contribution is 9.09. The molecule has 2 atom stereocenters. The second-order valence-corrected chi connectivity index (χ2v) is 6.87. The van der Waals surface area contributed by atoms with Crippen LogP contribution in [0.2, 0.25) is 0 Å². The van der Waals surface area contributed by atoms with Gasteiger partial charge in [-0.15, -0.1) is 0 Å². The number of carbonyl (C=O) groups excluding carboxylic acids is 1. The van der Waals surface area contributed by atoms with E-state index in [1.807, 2.05) is 6.92 Å². The quantitative estimate of drug-likeness (QED) is 0.522. The van der Waals surface area contributed by atoms with Gasteiger partial charge in [-0.25, -0.2) is 0 Å². The van der Waals surface area contributed by atoms with Gasteiger partial charge in [0.2, 0.25) is 0 Å². The molecule has 1 aliphatic rings. The number of alkyl halides is 1. The van der Waals surface area contributed by atoms with Crippen LogP contribution in [0.3, 0.4) is 0 Å². The summed E-state index contributed by atoms with van der Waals surface area (Å²) >= 11 is 3.82. The van der Waals surface area contributed by atoms with Gasteiger partial charge in [0, 0.05) is 11.2 Å². The van der Waals surface area contributed by atoms with Gasteiger partial charge in [-0.3, -0.25) is 4.79 Å². The van der Waals surface area contributed by atoms with E-state index in [9.17, 15) is 4.79 Å². The van der Waals surface area contributed by atoms with E-state index in [-0.39, 0.29) is 5.97 Å². The third-order valence-corrected chi connectivity index (χ3v) is 5.26. The van der Waals surface area contributed by atoms with Crippen molar-refractivity contribution in [2.24, 2.45) is 5.92 Å². The van der Waals surface area contributed by atoms with Crippen molar-refractivity contribution >= 4 is 21.9 Å². The third kappa shape index (κ3) is 7.96. The number of ether oxygens (including phenoxy) is 1. The molecule has 0 aliphatic heterocycles. The largest absolute Gasteiger partial charge is 0.466 e. The molecule has 1 rings (SSSR count). The summed E-state index contributed by atoms with van der Waals surface area (Å²) in [6.45, 7) is 2.38. The monoisotopic (exact) mass is 332 g/mol. The second-order valence-electron chi connectivity index (χ2n) is 5.69. The van der Waals surface area contributed by atoms with E-state index in [0.29, 0.717) is 23.8 Å². The lowest BCUT2D eigenvalue weighted by Crippen LogP contribution is -2.20. The lowest BCUT2D eigenvalue weighted by Gasteiger charge is -2.22. The topological polar surface area (TPSA) is 26.3 Å². The highest BCUT2D eigenvalue weighted by Gasteiger charge is 2.22. The predicted octanol–water partition coefficient (Wildman–Crippen LogP) is 5.23. The van der Waals surface area contributed by atoms with Crippen LogP contribution in [-0.4, -0.2) is 17.4 Å². The molecule has 0 spiro atoms. The molecular weight excluding hydrogens is 304 g/mol.